The minimum absolute atomic E-state index is 0.252. The molecule has 0 aromatic heterocycles. The number of rotatable bonds is 4. The lowest BCUT2D eigenvalue weighted by atomic mass is 9.70. The molecule has 2 aliphatic carbocycles. The van der Waals surface area contributed by atoms with Gasteiger partial charge in [-0.05, 0) is 36.0 Å². The van der Waals surface area contributed by atoms with Gasteiger partial charge >= 0.3 is 0 Å². The van der Waals surface area contributed by atoms with Crippen LogP contribution in [0, 0.1) is 16.7 Å². The number of ether oxygens (including phenoxy) is 1. The fourth-order valence-corrected chi connectivity index (χ4v) is 5.21. The van der Waals surface area contributed by atoms with Gasteiger partial charge in [0.15, 0.2) is 0 Å². The van der Waals surface area contributed by atoms with E-state index < -0.39 is 0 Å². The van der Waals surface area contributed by atoms with Gasteiger partial charge in [0.2, 0.25) is 5.91 Å². The predicted octanol–water partition coefficient (Wildman–Crippen LogP) is 2.18. The Bertz CT molecular complexity index is 442. The van der Waals surface area contributed by atoms with Crippen molar-refractivity contribution in [2.75, 3.05) is 39.9 Å². The normalized spacial score (nSPS) is 38.9. The number of fused-ring (bicyclic) bond motifs is 2. The molecule has 1 aliphatic heterocycles. The topological polar surface area (TPSA) is 38.3 Å². The summed E-state index contributed by atoms with van der Waals surface area (Å²) in [5.74, 6) is 1.04. The van der Waals surface area contributed by atoms with Crippen LogP contribution in [0.5, 0.6) is 0 Å². The number of carbonyl (C=O) groups excluding carboxylic acids is 1. The molecule has 0 aromatic rings. The molecule has 1 heterocycles. The number of morpholine rings is 1. The summed E-state index contributed by atoms with van der Waals surface area (Å²) in [7, 11) is 2.25. The fourth-order valence-electron chi connectivity index (χ4n) is 5.21. The fraction of sp³-hybridized carbons (Fsp3) is 0.944. The quantitative estimate of drug-likeness (QED) is 0.809. The average molecular weight is 309 g/mol. The summed E-state index contributed by atoms with van der Waals surface area (Å²) in [6, 6.07) is 0.396. The van der Waals surface area contributed by atoms with E-state index in [0.29, 0.717) is 23.3 Å². The monoisotopic (exact) mass is 309 g/mol. The van der Waals surface area contributed by atoms with Crippen LogP contribution < -0.4 is 5.32 Å². The Morgan fingerprint density at radius 2 is 1.95 bits per heavy atom. The summed E-state index contributed by atoms with van der Waals surface area (Å²) >= 11 is 0. The SMILES string of the molecule is CC1(C)C[C@@]2(C)C[C@@H]1C[C@H]2NC(=O)CC[N+]1(C)CCOCC1. The smallest absolute Gasteiger partial charge is 0.225 e. The highest BCUT2D eigenvalue weighted by Crippen LogP contribution is 2.62. The van der Waals surface area contributed by atoms with Crippen LogP contribution in [-0.2, 0) is 9.53 Å². The standard InChI is InChI=1S/C18H32N2O2/c1-17(2)13-18(3)12-14(17)11-15(18)19-16(21)5-6-20(4)7-9-22-10-8-20/h14-15H,5-13H2,1-4H3/p+1/t14-,15+,18+/m0/s1. The van der Waals surface area contributed by atoms with Gasteiger partial charge in [-0.1, -0.05) is 20.8 Å². The number of carbonyl (C=O) groups is 1. The van der Waals surface area contributed by atoms with Crippen molar-refractivity contribution in [2.45, 2.75) is 52.5 Å². The summed E-state index contributed by atoms with van der Waals surface area (Å²) in [4.78, 5) is 12.4. The molecule has 1 saturated heterocycles. The van der Waals surface area contributed by atoms with Crippen molar-refractivity contribution in [2.24, 2.45) is 16.7 Å². The summed E-state index contributed by atoms with van der Waals surface area (Å²) in [5.41, 5.74) is 0.781. The zero-order valence-electron chi connectivity index (χ0n) is 14.8. The Kier molecular flexibility index (Phi) is 4.05. The van der Waals surface area contributed by atoms with Gasteiger partial charge in [0.05, 0.1) is 33.2 Å². The first-order valence-corrected chi connectivity index (χ1v) is 8.93. The Labute approximate surface area is 135 Å². The van der Waals surface area contributed by atoms with Gasteiger partial charge in [-0.25, -0.2) is 0 Å². The van der Waals surface area contributed by atoms with Crippen LogP contribution in [-0.4, -0.2) is 56.3 Å². The summed E-state index contributed by atoms with van der Waals surface area (Å²) in [5, 5.41) is 3.37. The first-order chi connectivity index (χ1) is 10.2. The molecule has 0 unspecified atom stereocenters. The first kappa shape index (κ1) is 16.3. The molecule has 4 nitrogen and oxygen atoms in total. The lowest BCUT2D eigenvalue weighted by Gasteiger charge is -2.40. The molecule has 3 fully saturated rings. The number of quaternary nitrogens is 1. The van der Waals surface area contributed by atoms with Crippen molar-refractivity contribution in [3.05, 3.63) is 0 Å². The van der Waals surface area contributed by atoms with E-state index in [-0.39, 0.29) is 5.91 Å². The molecular weight excluding hydrogens is 276 g/mol. The minimum Gasteiger partial charge on any atom is -0.370 e. The Morgan fingerprint density at radius 3 is 2.50 bits per heavy atom. The van der Waals surface area contributed by atoms with Gasteiger partial charge in [-0.2, -0.15) is 0 Å². The molecule has 3 rings (SSSR count). The molecule has 4 heteroatoms. The summed E-state index contributed by atoms with van der Waals surface area (Å²) < 4.78 is 6.41. The van der Waals surface area contributed by atoms with Gasteiger partial charge < -0.3 is 14.5 Å². The summed E-state index contributed by atoms with van der Waals surface area (Å²) in [6.07, 6.45) is 4.36. The van der Waals surface area contributed by atoms with Crippen LogP contribution in [0.25, 0.3) is 0 Å². The van der Waals surface area contributed by atoms with Crippen LogP contribution in [0.3, 0.4) is 0 Å². The van der Waals surface area contributed by atoms with Gasteiger partial charge in [0.25, 0.3) is 0 Å². The maximum absolute atomic E-state index is 12.4. The molecule has 22 heavy (non-hydrogen) atoms. The van der Waals surface area contributed by atoms with Gasteiger partial charge in [-0.15, -0.1) is 0 Å². The molecule has 0 spiro atoms. The minimum atomic E-state index is 0.252. The third-order valence-corrected chi connectivity index (χ3v) is 6.80. The Balaban J connectivity index is 1.49. The highest BCUT2D eigenvalue weighted by Gasteiger charge is 2.57. The van der Waals surface area contributed by atoms with E-state index in [1.807, 2.05) is 0 Å². The molecule has 0 aromatic carbocycles. The molecule has 3 aliphatic rings. The Morgan fingerprint density at radius 1 is 1.27 bits per heavy atom. The molecule has 126 valence electrons. The van der Waals surface area contributed by atoms with E-state index in [9.17, 15) is 4.79 Å². The lowest BCUT2D eigenvalue weighted by molar-refractivity contribution is -0.916. The molecule has 1 amide bonds. The number of hydrogen-bond acceptors (Lipinski definition) is 2. The second kappa shape index (κ2) is 5.48. The van der Waals surface area contributed by atoms with Crippen LogP contribution >= 0.6 is 0 Å². The van der Waals surface area contributed by atoms with E-state index >= 15 is 0 Å². The second-order valence-corrected chi connectivity index (χ2v) is 9.23. The molecule has 2 saturated carbocycles. The van der Waals surface area contributed by atoms with Crippen LogP contribution in [0.1, 0.15) is 46.5 Å². The van der Waals surface area contributed by atoms with E-state index in [1.54, 1.807) is 0 Å². The van der Waals surface area contributed by atoms with Gasteiger partial charge in [0, 0.05) is 6.04 Å². The first-order valence-electron chi connectivity index (χ1n) is 8.93. The third kappa shape index (κ3) is 3.05. The molecule has 0 radical (unpaired) electrons. The highest BCUT2D eigenvalue weighted by atomic mass is 16.5. The van der Waals surface area contributed by atoms with Crippen molar-refractivity contribution in [3.8, 4) is 0 Å². The average Bonchev–Trinajstić information content (AvgIpc) is 2.86. The van der Waals surface area contributed by atoms with Crippen LogP contribution in [0.15, 0.2) is 0 Å². The van der Waals surface area contributed by atoms with Crippen molar-refractivity contribution >= 4 is 5.91 Å². The zero-order chi connectivity index (χ0) is 16.0. The molecule has 2 bridgehead atoms. The second-order valence-electron chi connectivity index (χ2n) is 9.23. The zero-order valence-corrected chi connectivity index (χ0v) is 14.8. The van der Waals surface area contributed by atoms with Crippen molar-refractivity contribution in [3.63, 3.8) is 0 Å². The molecule has 1 N–H and O–H groups in total. The largest absolute Gasteiger partial charge is 0.370 e. The number of likely N-dealkylation sites (N-methyl/N-ethyl adjacent to an activating group) is 1. The maximum Gasteiger partial charge on any atom is 0.225 e. The van der Waals surface area contributed by atoms with E-state index in [0.717, 1.165) is 43.2 Å². The maximum atomic E-state index is 12.4. The van der Waals surface area contributed by atoms with E-state index in [1.165, 1.54) is 19.3 Å². The van der Waals surface area contributed by atoms with Crippen molar-refractivity contribution in [1.29, 1.82) is 0 Å². The molecule has 3 atom stereocenters. The number of nitrogens with zero attached hydrogens (tertiary/aromatic N) is 1. The molecular formula is C18H33N2O2+. The van der Waals surface area contributed by atoms with Crippen LogP contribution in [0.4, 0.5) is 0 Å². The van der Waals surface area contributed by atoms with Gasteiger partial charge in [0.1, 0.15) is 13.1 Å². The highest BCUT2D eigenvalue weighted by molar-refractivity contribution is 5.76. The van der Waals surface area contributed by atoms with Crippen molar-refractivity contribution in [1.82, 2.24) is 5.32 Å². The van der Waals surface area contributed by atoms with Crippen LogP contribution in [0.2, 0.25) is 0 Å². The Hall–Kier alpha value is -0.610. The van der Waals surface area contributed by atoms with Crippen molar-refractivity contribution < 1.29 is 14.0 Å². The number of nitrogens with one attached hydrogen (secondary N) is 1. The van der Waals surface area contributed by atoms with E-state index in [4.69, 9.17) is 4.74 Å². The van der Waals surface area contributed by atoms with Gasteiger partial charge in [-0.3, -0.25) is 4.79 Å². The third-order valence-electron chi connectivity index (χ3n) is 6.80. The van der Waals surface area contributed by atoms with E-state index in [2.05, 4.69) is 33.1 Å². The number of hydrogen-bond donors (Lipinski definition) is 1. The number of amides is 1. The lowest BCUT2D eigenvalue weighted by Crippen LogP contribution is -2.54. The summed E-state index contributed by atoms with van der Waals surface area (Å²) in [6.45, 7) is 11.8. The predicted molar refractivity (Wildman–Crippen MR) is 87.4 cm³/mol.